The fraction of sp³-hybridized carbons (Fsp3) is 0.111. The van der Waals surface area contributed by atoms with Gasteiger partial charge in [-0.1, -0.05) is 41.6 Å². The molecule has 0 bridgehead atoms. The highest BCUT2D eigenvalue weighted by Gasteiger charge is 2.18. The molecular weight excluding hydrogens is 318 g/mol. The fourth-order valence-electron chi connectivity index (χ4n) is 2.42. The Bertz CT molecular complexity index is 964. The van der Waals surface area contributed by atoms with E-state index in [0.29, 0.717) is 24.2 Å². The van der Waals surface area contributed by atoms with Crippen LogP contribution in [-0.4, -0.2) is 24.9 Å². The summed E-state index contributed by atoms with van der Waals surface area (Å²) in [5, 5.41) is 8.33. The molecule has 25 heavy (non-hydrogen) atoms. The topological polar surface area (TPSA) is 78.9 Å². The van der Waals surface area contributed by atoms with Crippen molar-refractivity contribution in [3.05, 3.63) is 66.6 Å². The van der Waals surface area contributed by atoms with Crippen LogP contribution in [0.3, 0.4) is 0 Å². The van der Waals surface area contributed by atoms with Gasteiger partial charge in [0, 0.05) is 24.9 Å². The lowest BCUT2D eigenvalue weighted by Gasteiger charge is -2.06. The van der Waals surface area contributed by atoms with Crippen molar-refractivity contribution >= 4 is 0 Å². The van der Waals surface area contributed by atoms with Gasteiger partial charge < -0.3 is 9.26 Å². The summed E-state index contributed by atoms with van der Waals surface area (Å²) in [6, 6.07) is 15.2. The Kier molecular flexibility index (Phi) is 3.96. The van der Waals surface area contributed by atoms with Crippen LogP contribution in [0.5, 0.6) is 5.88 Å². The maximum Gasteiger partial charge on any atom is 0.261 e. The second-order valence-electron chi connectivity index (χ2n) is 5.37. The highest BCUT2D eigenvalue weighted by Crippen LogP contribution is 2.25. The van der Waals surface area contributed by atoms with Crippen molar-refractivity contribution in [1.29, 1.82) is 0 Å². The smallest absolute Gasteiger partial charge is 0.261 e. The van der Waals surface area contributed by atoms with E-state index in [1.54, 1.807) is 23.1 Å². The van der Waals surface area contributed by atoms with E-state index in [1.807, 2.05) is 49.5 Å². The fourth-order valence-corrected chi connectivity index (χ4v) is 2.42. The molecule has 7 heteroatoms. The Morgan fingerprint density at radius 1 is 1.08 bits per heavy atom. The zero-order valence-corrected chi connectivity index (χ0v) is 13.5. The Morgan fingerprint density at radius 2 is 1.92 bits per heavy atom. The molecule has 0 amide bonds. The van der Waals surface area contributed by atoms with Crippen LogP contribution in [-0.2, 0) is 13.7 Å². The van der Waals surface area contributed by atoms with Crippen molar-refractivity contribution in [3.8, 4) is 28.7 Å². The standard InChI is InChI=1S/C18H15N5O2/c1-23-15(12-24-16-9-5-6-10-19-16)14(11-20-23)18-21-17(22-25-18)13-7-3-2-4-8-13/h2-11H,12H2,1H3. The van der Waals surface area contributed by atoms with Gasteiger partial charge in [-0.25, -0.2) is 4.98 Å². The summed E-state index contributed by atoms with van der Waals surface area (Å²) in [4.78, 5) is 8.63. The van der Waals surface area contributed by atoms with Gasteiger partial charge in [0.25, 0.3) is 5.89 Å². The Hall–Kier alpha value is -3.48. The minimum atomic E-state index is 0.298. The second kappa shape index (κ2) is 6.56. The molecule has 1 aromatic carbocycles. The monoisotopic (exact) mass is 333 g/mol. The largest absolute Gasteiger partial charge is 0.471 e. The lowest BCUT2D eigenvalue weighted by atomic mass is 10.2. The van der Waals surface area contributed by atoms with E-state index in [4.69, 9.17) is 9.26 Å². The van der Waals surface area contributed by atoms with Crippen LogP contribution in [0.4, 0.5) is 0 Å². The zero-order valence-electron chi connectivity index (χ0n) is 13.5. The van der Waals surface area contributed by atoms with Crippen molar-refractivity contribution in [1.82, 2.24) is 24.9 Å². The van der Waals surface area contributed by atoms with Gasteiger partial charge in [-0.3, -0.25) is 4.68 Å². The van der Waals surface area contributed by atoms with Gasteiger partial charge in [0.05, 0.1) is 17.5 Å². The number of ether oxygens (including phenoxy) is 1. The highest BCUT2D eigenvalue weighted by molar-refractivity contribution is 5.60. The molecule has 3 aromatic heterocycles. The molecule has 4 rings (SSSR count). The number of benzene rings is 1. The first-order valence-corrected chi connectivity index (χ1v) is 7.75. The zero-order chi connectivity index (χ0) is 17.1. The molecular formula is C18H15N5O2. The van der Waals surface area contributed by atoms with Crippen LogP contribution < -0.4 is 4.74 Å². The van der Waals surface area contributed by atoms with E-state index in [0.717, 1.165) is 16.8 Å². The van der Waals surface area contributed by atoms with Gasteiger partial charge >= 0.3 is 0 Å². The first kappa shape index (κ1) is 15.1. The molecule has 3 heterocycles. The average molecular weight is 333 g/mol. The van der Waals surface area contributed by atoms with E-state index < -0.39 is 0 Å². The van der Waals surface area contributed by atoms with Gasteiger partial charge in [0.15, 0.2) is 0 Å². The minimum absolute atomic E-state index is 0.298. The molecule has 0 N–H and O–H groups in total. The number of pyridine rings is 1. The van der Waals surface area contributed by atoms with Gasteiger partial charge in [-0.05, 0) is 6.07 Å². The molecule has 0 spiro atoms. The van der Waals surface area contributed by atoms with Gasteiger partial charge in [-0.15, -0.1) is 0 Å². The van der Waals surface area contributed by atoms with E-state index in [9.17, 15) is 0 Å². The van der Waals surface area contributed by atoms with Crippen LogP contribution in [0.2, 0.25) is 0 Å². The second-order valence-corrected chi connectivity index (χ2v) is 5.37. The SMILES string of the molecule is Cn1ncc(-c2nc(-c3ccccc3)no2)c1COc1ccccn1. The van der Waals surface area contributed by atoms with Crippen molar-refractivity contribution < 1.29 is 9.26 Å². The van der Waals surface area contributed by atoms with E-state index >= 15 is 0 Å². The first-order chi connectivity index (χ1) is 12.3. The molecule has 0 aliphatic heterocycles. The van der Waals surface area contributed by atoms with Gasteiger partial charge in [0.1, 0.15) is 6.61 Å². The average Bonchev–Trinajstić information content (AvgIpc) is 3.28. The number of aryl methyl sites for hydroxylation is 1. The molecule has 0 aliphatic carbocycles. The molecule has 0 fully saturated rings. The summed E-state index contributed by atoms with van der Waals surface area (Å²) in [5.74, 6) is 1.49. The van der Waals surface area contributed by atoms with Crippen molar-refractivity contribution in [2.45, 2.75) is 6.61 Å². The summed E-state index contributed by atoms with van der Waals surface area (Å²) in [6.07, 6.45) is 3.38. The van der Waals surface area contributed by atoms with Crippen LogP contribution >= 0.6 is 0 Å². The predicted molar refractivity (Wildman–Crippen MR) is 90.5 cm³/mol. The summed E-state index contributed by atoms with van der Waals surface area (Å²) in [5.41, 5.74) is 2.47. The molecule has 124 valence electrons. The predicted octanol–water partition coefficient (Wildman–Crippen LogP) is 3.11. The maximum atomic E-state index is 5.72. The minimum Gasteiger partial charge on any atom is -0.471 e. The van der Waals surface area contributed by atoms with Gasteiger partial charge in [0.2, 0.25) is 11.7 Å². The number of hydrogen-bond acceptors (Lipinski definition) is 6. The summed E-state index contributed by atoms with van der Waals surface area (Å²) in [6.45, 7) is 0.298. The summed E-state index contributed by atoms with van der Waals surface area (Å²) < 4.78 is 12.9. The maximum absolute atomic E-state index is 5.72. The lowest BCUT2D eigenvalue weighted by molar-refractivity contribution is 0.283. The molecule has 0 atom stereocenters. The number of hydrogen-bond donors (Lipinski definition) is 0. The normalized spacial score (nSPS) is 10.8. The number of nitrogens with zero attached hydrogens (tertiary/aromatic N) is 5. The molecule has 0 saturated carbocycles. The van der Waals surface area contributed by atoms with Crippen molar-refractivity contribution in [2.75, 3.05) is 0 Å². The summed E-state index contributed by atoms with van der Waals surface area (Å²) >= 11 is 0. The Morgan fingerprint density at radius 3 is 2.72 bits per heavy atom. The number of aromatic nitrogens is 5. The summed E-state index contributed by atoms with van der Waals surface area (Å²) in [7, 11) is 1.84. The van der Waals surface area contributed by atoms with E-state index in [1.165, 1.54) is 0 Å². The molecule has 0 saturated heterocycles. The van der Waals surface area contributed by atoms with Crippen LogP contribution in [0, 0.1) is 0 Å². The quantitative estimate of drug-likeness (QED) is 0.558. The van der Waals surface area contributed by atoms with Crippen LogP contribution in [0.1, 0.15) is 5.69 Å². The van der Waals surface area contributed by atoms with E-state index in [-0.39, 0.29) is 0 Å². The van der Waals surface area contributed by atoms with Crippen molar-refractivity contribution in [3.63, 3.8) is 0 Å². The molecule has 0 radical (unpaired) electrons. The highest BCUT2D eigenvalue weighted by atomic mass is 16.5. The third kappa shape index (κ3) is 3.12. The van der Waals surface area contributed by atoms with Gasteiger partial charge in [-0.2, -0.15) is 10.1 Å². The third-order valence-corrected chi connectivity index (χ3v) is 3.74. The first-order valence-electron chi connectivity index (χ1n) is 7.75. The van der Waals surface area contributed by atoms with Crippen LogP contribution in [0.25, 0.3) is 22.8 Å². The van der Waals surface area contributed by atoms with E-state index in [2.05, 4.69) is 20.2 Å². The molecule has 0 aliphatic rings. The molecule has 4 aromatic rings. The van der Waals surface area contributed by atoms with Crippen molar-refractivity contribution in [2.24, 2.45) is 7.05 Å². The molecule has 7 nitrogen and oxygen atoms in total. The lowest BCUT2D eigenvalue weighted by Crippen LogP contribution is -2.05. The Balaban J connectivity index is 1.60. The molecule has 0 unspecified atom stereocenters. The number of rotatable bonds is 5. The third-order valence-electron chi connectivity index (χ3n) is 3.74. The van der Waals surface area contributed by atoms with Crippen LogP contribution in [0.15, 0.2) is 65.4 Å². The Labute approximate surface area is 143 Å².